The summed E-state index contributed by atoms with van der Waals surface area (Å²) in [6.07, 6.45) is 0.195. The first-order valence-corrected chi connectivity index (χ1v) is 6.02. The van der Waals surface area contributed by atoms with Crippen LogP contribution >= 0.6 is 0 Å². The Hall–Kier alpha value is -2.18. The first-order valence-electron chi connectivity index (χ1n) is 6.02. The molecular formula is C13H16F2N2O3. The highest BCUT2D eigenvalue weighted by Gasteiger charge is 2.32. The normalized spacial score (nSPS) is 13.4. The lowest BCUT2D eigenvalue weighted by molar-refractivity contribution is -0.143. The van der Waals surface area contributed by atoms with Gasteiger partial charge in [-0.25, -0.2) is 18.4 Å². The van der Waals surface area contributed by atoms with E-state index in [2.05, 4.69) is 10.6 Å². The van der Waals surface area contributed by atoms with E-state index in [9.17, 15) is 18.4 Å². The lowest BCUT2D eigenvalue weighted by Gasteiger charge is -2.24. The van der Waals surface area contributed by atoms with Gasteiger partial charge in [0.2, 0.25) is 0 Å². The standard InChI is InChI=1S/C13H16F2N2O3/c1-3-13(2,11(18)19)17-12(20)16-7-8-4-5-9(14)6-10(8)15/h4-6H,3,7H2,1-2H3,(H,18,19)(H2,16,17,20). The Kier molecular flexibility index (Phi) is 5.01. The SMILES string of the molecule is CCC(C)(NC(=O)NCc1ccc(F)cc1F)C(=O)O. The summed E-state index contributed by atoms with van der Waals surface area (Å²) in [5.74, 6) is -2.65. The summed E-state index contributed by atoms with van der Waals surface area (Å²) < 4.78 is 26.0. The zero-order valence-electron chi connectivity index (χ0n) is 11.2. The second-order valence-electron chi connectivity index (χ2n) is 4.53. The maximum Gasteiger partial charge on any atom is 0.329 e. The number of amides is 2. The Morgan fingerprint density at radius 1 is 1.35 bits per heavy atom. The molecule has 0 aliphatic heterocycles. The van der Waals surface area contributed by atoms with Crippen molar-refractivity contribution in [2.45, 2.75) is 32.4 Å². The van der Waals surface area contributed by atoms with Crippen molar-refractivity contribution in [3.63, 3.8) is 0 Å². The zero-order chi connectivity index (χ0) is 15.3. The van der Waals surface area contributed by atoms with Gasteiger partial charge in [-0.05, 0) is 19.4 Å². The van der Waals surface area contributed by atoms with Crippen LogP contribution in [0.25, 0.3) is 0 Å². The monoisotopic (exact) mass is 286 g/mol. The lowest BCUT2D eigenvalue weighted by atomic mass is 10.00. The molecule has 2 amide bonds. The van der Waals surface area contributed by atoms with Gasteiger partial charge in [0.15, 0.2) is 0 Å². The van der Waals surface area contributed by atoms with E-state index in [0.29, 0.717) is 6.07 Å². The maximum absolute atomic E-state index is 13.3. The minimum atomic E-state index is -1.40. The quantitative estimate of drug-likeness (QED) is 0.775. The van der Waals surface area contributed by atoms with E-state index in [-0.39, 0.29) is 18.5 Å². The van der Waals surface area contributed by atoms with Gasteiger partial charge < -0.3 is 15.7 Å². The number of urea groups is 1. The fourth-order valence-electron chi connectivity index (χ4n) is 1.43. The number of rotatable bonds is 5. The second kappa shape index (κ2) is 6.31. The van der Waals surface area contributed by atoms with Crippen LogP contribution in [0.15, 0.2) is 18.2 Å². The number of carbonyl (C=O) groups excluding carboxylic acids is 1. The lowest BCUT2D eigenvalue weighted by Crippen LogP contribution is -2.54. The Bertz CT molecular complexity index is 522. The number of carboxylic acids is 1. The van der Waals surface area contributed by atoms with Crippen LogP contribution in [0.3, 0.4) is 0 Å². The third kappa shape index (κ3) is 3.91. The van der Waals surface area contributed by atoms with Crippen LogP contribution in [0, 0.1) is 11.6 Å². The molecule has 0 heterocycles. The van der Waals surface area contributed by atoms with Crippen molar-refractivity contribution in [1.29, 1.82) is 0 Å². The van der Waals surface area contributed by atoms with Crippen LogP contribution in [-0.2, 0) is 11.3 Å². The summed E-state index contributed by atoms with van der Waals surface area (Å²) in [5, 5.41) is 13.6. The highest BCUT2D eigenvalue weighted by molar-refractivity contribution is 5.85. The van der Waals surface area contributed by atoms with Gasteiger partial charge in [-0.1, -0.05) is 13.0 Å². The topological polar surface area (TPSA) is 78.4 Å². The van der Waals surface area contributed by atoms with E-state index < -0.39 is 29.2 Å². The van der Waals surface area contributed by atoms with Crippen molar-refractivity contribution in [1.82, 2.24) is 10.6 Å². The van der Waals surface area contributed by atoms with Gasteiger partial charge in [0.1, 0.15) is 17.2 Å². The number of carbonyl (C=O) groups is 2. The fourth-order valence-corrected chi connectivity index (χ4v) is 1.43. The molecular weight excluding hydrogens is 270 g/mol. The molecule has 110 valence electrons. The van der Waals surface area contributed by atoms with E-state index in [4.69, 9.17) is 5.11 Å². The van der Waals surface area contributed by atoms with Crippen LogP contribution in [0.5, 0.6) is 0 Å². The van der Waals surface area contributed by atoms with E-state index in [1.165, 1.54) is 13.0 Å². The maximum atomic E-state index is 13.3. The molecule has 0 spiro atoms. The first kappa shape index (κ1) is 15.9. The van der Waals surface area contributed by atoms with Crippen molar-refractivity contribution < 1.29 is 23.5 Å². The highest BCUT2D eigenvalue weighted by atomic mass is 19.1. The number of hydrogen-bond donors (Lipinski definition) is 3. The summed E-state index contributed by atoms with van der Waals surface area (Å²) in [7, 11) is 0. The molecule has 7 heteroatoms. The molecule has 20 heavy (non-hydrogen) atoms. The Morgan fingerprint density at radius 3 is 2.50 bits per heavy atom. The second-order valence-corrected chi connectivity index (χ2v) is 4.53. The Morgan fingerprint density at radius 2 is 2.00 bits per heavy atom. The van der Waals surface area contributed by atoms with Gasteiger partial charge in [-0.3, -0.25) is 0 Å². The van der Waals surface area contributed by atoms with E-state index in [1.54, 1.807) is 6.92 Å². The fraction of sp³-hybridized carbons (Fsp3) is 0.385. The largest absolute Gasteiger partial charge is 0.480 e. The van der Waals surface area contributed by atoms with Crippen molar-refractivity contribution in [3.05, 3.63) is 35.4 Å². The number of carboxylic acid groups (broad SMARTS) is 1. The van der Waals surface area contributed by atoms with Crippen LogP contribution in [0.4, 0.5) is 13.6 Å². The van der Waals surface area contributed by atoms with Gasteiger partial charge in [-0.15, -0.1) is 0 Å². The average Bonchev–Trinajstić information content (AvgIpc) is 2.37. The number of benzene rings is 1. The molecule has 0 aliphatic rings. The minimum absolute atomic E-state index is 0.107. The highest BCUT2D eigenvalue weighted by Crippen LogP contribution is 2.10. The summed E-state index contributed by atoms with van der Waals surface area (Å²) in [5.41, 5.74) is -1.29. The van der Waals surface area contributed by atoms with Gasteiger partial charge in [-0.2, -0.15) is 0 Å². The van der Waals surface area contributed by atoms with Crippen LogP contribution < -0.4 is 10.6 Å². The van der Waals surface area contributed by atoms with Crippen LogP contribution in [-0.4, -0.2) is 22.6 Å². The van der Waals surface area contributed by atoms with Gasteiger partial charge in [0.25, 0.3) is 0 Å². The summed E-state index contributed by atoms with van der Waals surface area (Å²) in [6, 6.07) is 2.26. The molecule has 1 unspecified atom stereocenters. The smallest absolute Gasteiger partial charge is 0.329 e. The van der Waals surface area contributed by atoms with Crippen molar-refractivity contribution in [2.75, 3.05) is 0 Å². The van der Waals surface area contributed by atoms with Crippen molar-refractivity contribution >= 4 is 12.0 Å². The van der Waals surface area contributed by atoms with Gasteiger partial charge in [0.05, 0.1) is 0 Å². The molecule has 5 nitrogen and oxygen atoms in total. The number of halogens is 2. The van der Waals surface area contributed by atoms with E-state index in [1.807, 2.05) is 0 Å². The molecule has 0 saturated carbocycles. The molecule has 0 fully saturated rings. The number of nitrogens with one attached hydrogen (secondary N) is 2. The summed E-state index contributed by atoms with van der Waals surface area (Å²) in [6.45, 7) is 2.82. The Labute approximate surface area is 115 Å². The molecule has 0 radical (unpaired) electrons. The first-order chi connectivity index (χ1) is 9.28. The number of aliphatic carboxylic acids is 1. The molecule has 0 bridgehead atoms. The Balaban J connectivity index is 2.62. The van der Waals surface area contributed by atoms with Gasteiger partial charge >= 0.3 is 12.0 Å². The zero-order valence-corrected chi connectivity index (χ0v) is 11.2. The third-order valence-corrected chi connectivity index (χ3v) is 3.02. The minimum Gasteiger partial charge on any atom is -0.480 e. The van der Waals surface area contributed by atoms with Crippen molar-refractivity contribution in [2.24, 2.45) is 0 Å². The van der Waals surface area contributed by atoms with Crippen molar-refractivity contribution in [3.8, 4) is 0 Å². The van der Waals surface area contributed by atoms with Crippen LogP contribution in [0.1, 0.15) is 25.8 Å². The van der Waals surface area contributed by atoms with Crippen LogP contribution in [0.2, 0.25) is 0 Å². The molecule has 0 aromatic heterocycles. The molecule has 1 aromatic carbocycles. The molecule has 0 aliphatic carbocycles. The predicted molar refractivity (Wildman–Crippen MR) is 68.1 cm³/mol. The molecule has 1 rings (SSSR count). The van der Waals surface area contributed by atoms with E-state index >= 15 is 0 Å². The third-order valence-electron chi connectivity index (χ3n) is 3.02. The molecule has 0 saturated heterocycles. The number of hydrogen-bond acceptors (Lipinski definition) is 2. The molecule has 1 aromatic rings. The predicted octanol–water partition coefficient (Wildman–Crippen LogP) is 2.02. The van der Waals surface area contributed by atoms with Gasteiger partial charge in [0, 0.05) is 18.2 Å². The molecule has 1 atom stereocenters. The summed E-state index contributed by atoms with van der Waals surface area (Å²) in [4.78, 5) is 22.6. The molecule has 3 N–H and O–H groups in total. The van der Waals surface area contributed by atoms with E-state index in [0.717, 1.165) is 6.07 Å². The average molecular weight is 286 g/mol. The summed E-state index contributed by atoms with van der Waals surface area (Å²) >= 11 is 0.